The van der Waals surface area contributed by atoms with E-state index in [0.29, 0.717) is 0 Å². The molecule has 0 aliphatic carbocycles. The number of hydrogen-bond acceptors (Lipinski definition) is 6. The van der Waals surface area contributed by atoms with Gasteiger partial charge in [-0.3, -0.25) is 4.79 Å². The topological polar surface area (TPSA) is 93.2 Å². The lowest BCUT2D eigenvalue weighted by Gasteiger charge is -2.14. The molecule has 1 amide bonds. The van der Waals surface area contributed by atoms with E-state index in [2.05, 4.69) is 25.3 Å². The van der Waals surface area contributed by atoms with Gasteiger partial charge in [0.25, 0.3) is 0 Å². The Balaban J connectivity index is 2.06. The summed E-state index contributed by atoms with van der Waals surface area (Å²) in [6.45, 7) is 5.87. The highest BCUT2D eigenvalue weighted by Gasteiger charge is 2.14. The molecule has 126 valence electrons. The van der Waals surface area contributed by atoms with Crippen LogP contribution in [0.15, 0.2) is 24.7 Å². The monoisotopic (exact) mass is 328 g/mol. The number of carbonyl (C=O) groups is 2. The van der Waals surface area contributed by atoms with Gasteiger partial charge in [0.1, 0.15) is 17.7 Å². The van der Waals surface area contributed by atoms with Gasteiger partial charge < -0.3 is 15.4 Å². The largest absolute Gasteiger partial charge is 0.465 e. The number of aromatic nitrogens is 2. The number of nitrogens with one attached hydrogen (secondary N) is 2. The van der Waals surface area contributed by atoms with Crippen molar-refractivity contribution in [1.29, 1.82) is 0 Å². The quantitative estimate of drug-likeness (QED) is 0.818. The van der Waals surface area contributed by atoms with Crippen LogP contribution in [0, 0.1) is 20.8 Å². The van der Waals surface area contributed by atoms with E-state index >= 15 is 0 Å². The molecule has 0 atom stereocenters. The molecule has 24 heavy (non-hydrogen) atoms. The summed E-state index contributed by atoms with van der Waals surface area (Å²) in [6, 6.07) is 4.02. The van der Waals surface area contributed by atoms with E-state index in [4.69, 9.17) is 0 Å². The number of methoxy groups -OCH3 is 1. The number of aryl methyl sites for hydroxylation is 3. The molecule has 0 saturated carbocycles. The van der Waals surface area contributed by atoms with E-state index < -0.39 is 5.97 Å². The van der Waals surface area contributed by atoms with E-state index in [1.165, 1.54) is 19.6 Å². The van der Waals surface area contributed by atoms with Gasteiger partial charge in [-0.1, -0.05) is 17.7 Å². The molecule has 1 aromatic heterocycles. The number of anilines is 2. The summed E-state index contributed by atoms with van der Waals surface area (Å²) in [5.41, 5.74) is 4.11. The molecular formula is C17H20N4O3. The number of benzene rings is 1. The summed E-state index contributed by atoms with van der Waals surface area (Å²) in [7, 11) is 1.27. The van der Waals surface area contributed by atoms with Crippen LogP contribution < -0.4 is 10.6 Å². The van der Waals surface area contributed by atoms with Gasteiger partial charge in [0.2, 0.25) is 5.91 Å². The summed E-state index contributed by atoms with van der Waals surface area (Å²) in [5, 5.41) is 5.71. The van der Waals surface area contributed by atoms with Crippen LogP contribution >= 0.6 is 0 Å². The molecule has 1 aromatic carbocycles. The highest BCUT2D eigenvalue weighted by Crippen LogP contribution is 2.21. The van der Waals surface area contributed by atoms with Gasteiger partial charge in [-0.15, -0.1) is 0 Å². The van der Waals surface area contributed by atoms with Crippen LogP contribution in [0.5, 0.6) is 0 Å². The fourth-order valence-electron chi connectivity index (χ4n) is 2.45. The predicted octanol–water partition coefficient (Wildman–Crippen LogP) is 2.24. The molecule has 2 N–H and O–H groups in total. The molecule has 0 radical (unpaired) electrons. The summed E-state index contributed by atoms with van der Waals surface area (Å²) < 4.78 is 4.66. The average Bonchev–Trinajstić information content (AvgIpc) is 2.55. The molecule has 0 fully saturated rings. The first kappa shape index (κ1) is 17.4. The van der Waals surface area contributed by atoms with E-state index in [0.717, 1.165) is 22.4 Å². The minimum Gasteiger partial charge on any atom is -0.465 e. The van der Waals surface area contributed by atoms with Crippen molar-refractivity contribution in [2.24, 2.45) is 0 Å². The minimum atomic E-state index is -0.566. The van der Waals surface area contributed by atoms with Crippen LogP contribution in [-0.2, 0) is 9.53 Å². The van der Waals surface area contributed by atoms with E-state index in [9.17, 15) is 9.59 Å². The molecule has 0 saturated heterocycles. The first-order valence-corrected chi connectivity index (χ1v) is 7.42. The van der Waals surface area contributed by atoms with Crippen molar-refractivity contribution in [3.63, 3.8) is 0 Å². The molecule has 0 aliphatic heterocycles. The van der Waals surface area contributed by atoms with Gasteiger partial charge in [-0.25, -0.2) is 14.8 Å². The fraction of sp³-hybridized carbons (Fsp3) is 0.294. The molecule has 7 nitrogen and oxygen atoms in total. The van der Waals surface area contributed by atoms with E-state index in [-0.39, 0.29) is 23.8 Å². The van der Waals surface area contributed by atoms with Gasteiger partial charge in [-0.05, 0) is 31.9 Å². The third-order valence-corrected chi connectivity index (χ3v) is 3.48. The van der Waals surface area contributed by atoms with Crippen molar-refractivity contribution in [2.75, 3.05) is 24.3 Å². The fourth-order valence-corrected chi connectivity index (χ4v) is 2.45. The van der Waals surface area contributed by atoms with Crippen LogP contribution in [0.1, 0.15) is 27.0 Å². The number of carbonyl (C=O) groups excluding carboxylic acids is 2. The van der Waals surface area contributed by atoms with Crippen LogP contribution in [0.2, 0.25) is 0 Å². The maximum absolute atomic E-state index is 12.2. The first-order chi connectivity index (χ1) is 11.4. The second-order valence-corrected chi connectivity index (χ2v) is 5.45. The summed E-state index contributed by atoms with van der Waals surface area (Å²) in [6.07, 6.45) is 2.63. The second-order valence-electron chi connectivity index (χ2n) is 5.45. The number of amides is 1. The highest BCUT2D eigenvalue weighted by atomic mass is 16.5. The molecular weight excluding hydrogens is 308 g/mol. The van der Waals surface area contributed by atoms with Gasteiger partial charge >= 0.3 is 5.97 Å². The van der Waals surface area contributed by atoms with Gasteiger partial charge in [-0.2, -0.15) is 0 Å². The molecule has 0 aliphatic rings. The predicted molar refractivity (Wildman–Crippen MR) is 91.1 cm³/mol. The van der Waals surface area contributed by atoms with Crippen LogP contribution in [-0.4, -0.2) is 35.5 Å². The average molecular weight is 328 g/mol. The van der Waals surface area contributed by atoms with Crippen LogP contribution in [0.4, 0.5) is 11.5 Å². The zero-order valence-corrected chi connectivity index (χ0v) is 14.1. The lowest BCUT2D eigenvalue weighted by molar-refractivity contribution is -0.114. The third-order valence-electron chi connectivity index (χ3n) is 3.48. The van der Waals surface area contributed by atoms with Gasteiger partial charge in [0, 0.05) is 11.9 Å². The number of ether oxygens (including phenoxy) is 1. The van der Waals surface area contributed by atoms with Crippen molar-refractivity contribution in [3.8, 4) is 0 Å². The lowest BCUT2D eigenvalue weighted by Crippen LogP contribution is -2.24. The van der Waals surface area contributed by atoms with E-state index in [1.807, 2.05) is 32.9 Å². The Morgan fingerprint density at radius 3 is 2.46 bits per heavy atom. The number of hydrogen-bond donors (Lipinski definition) is 2. The Bertz CT molecular complexity index is 751. The smallest absolute Gasteiger partial charge is 0.343 e. The normalized spacial score (nSPS) is 10.2. The molecule has 0 unspecified atom stereocenters. The van der Waals surface area contributed by atoms with Crippen molar-refractivity contribution in [3.05, 3.63) is 46.9 Å². The first-order valence-electron chi connectivity index (χ1n) is 7.42. The number of rotatable bonds is 5. The van der Waals surface area contributed by atoms with Crippen LogP contribution in [0.25, 0.3) is 0 Å². The minimum absolute atomic E-state index is 0.0340. The van der Waals surface area contributed by atoms with Gasteiger partial charge in [0.15, 0.2) is 0 Å². The highest BCUT2D eigenvalue weighted by molar-refractivity contribution is 5.97. The zero-order chi connectivity index (χ0) is 17.7. The Kier molecular flexibility index (Phi) is 5.47. The SMILES string of the molecule is COC(=O)c1cncnc1NCC(=O)Nc1c(C)cc(C)cc1C. The number of nitrogens with zero attached hydrogens (tertiary/aromatic N) is 2. The van der Waals surface area contributed by atoms with Crippen molar-refractivity contribution in [2.45, 2.75) is 20.8 Å². The van der Waals surface area contributed by atoms with Crippen molar-refractivity contribution < 1.29 is 14.3 Å². The van der Waals surface area contributed by atoms with Crippen LogP contribution in [0.3, 0.4) is 0 Å². The lowest BCUT2D eigenvalue weighted by atomic mass is 10.1. The molecule has 7 heteroatoms. The zero-order valence-electron chi connectivity index (χ0n) is 14.1. The molecule has 2 aromatic rings. The van der Waals surface area contributed by atoms with Gasteiger partial charge in [0.05, 0.1) is 13.7 Å². The maximum Gasteiger partial charge on any atom is 0.343 e. The summed E-state index contributed by atoms with van der Waals surface area (Å²) in [4.78, 5) is 31.6. The second kappa shape index (κ2) is 7.54. The Hall–Kier alpha value is -2.96. The van der Waals surface area contributed by atoms with Crippen molar-refractivity contribution >= 4 is 23.4 Å². The Morgan fingerprint density at radius 1 is 1.17 bits per heavy atom. The third kappa shape index (κ3) is 4.07. The molecule has 2 rings (SSSR count). The standard InChI is InChI=1S/C17H20N4O3/c1-10-5-11(2)15(12(3)6-10)21-14(22)8-19-16-13(17(23)24-4)7-18-9-20-16/h5-7,9H,8H2,1-4H3,(H,21,22)(H,18,19,20). The summed E-state index contributed by atoms with van der Waals surface area (Å²) >= 11 is 0. The molecule has 1 heterocycles. The maximum atomic E-state index is 12.2. The summed E-state index contributed by atoms with van der Waals surface area (Å²) in [5.74, 6) is -0.549. The molecule has 0 spiro atoms. The number of esters is 1. The Morgan fingerprint density at radius 2 is 1.83 bits per heavy atom. The van der Waals surface area contributed by atoms with Crippen molar-refractivity contribution in [1.82, 2.24) is 9.97 Å². The van der Waals surface area contributed by atoms with E-state index in [1.54, 1.807) is 0 Å². The Labute approximate surface area is 140 Å². The molecule has 0 bridgehead atoms.